The third kappa shape index (κ3) is 2.71. The van der Waals surface area contributed by atoms with E-state index in [2.05, 4.69) is 78.8 Å². The molecule has 0 bridgehead atoms. The molecule has 5 aromatic rings. The molecule has 0 saturated heterocycles. The molecule has 0 aliphatic rings. The van der Waals surface area contributed by atoms with Gasteiger partial charge < -0.3 is 0 Å². The molecule has 3 heteroatoms. The topological polar surface area (TPSA) is 0 Å². The molecule has 0 nitrogen and oxygen atoms in total. The Morgan fingerprint density at radius 1 is 0.667 bits per heavy atom. The van der Waals surface area contributed by atoms with Gasteiger partial charge in [-0.1, -0.05) is 30.0 Å². The fourth-order valence-electron chi connectivity index (χ4n) is 3.16. The summed E-state index contributed by atoms with van der Waals surface area (Å²) in [6, 6.07) is 13.2. The van der Waals surface area contributed by atoms with Gasteiger partial charge in [0.2, 0.25) is 0 Å². The van der Waals surface area contributed by atoms with Gasteiger partial charge in [0.25, 0.3) is 0 Å². The number of thiophene rings is 3. The number of rotatable bonds is 0. The standard InChI is InChI=1S/C24H12S3/c1-3-4-5-6-7-8-16-10-12-18-20(14-16)26-24-22(18)27-21-17-11-9-15(2)13-19(17)25-23(21)24/h9-14H,1-2H3. The first kappa shape index (κ1) is 16.4. The van der Waals surface area contributed by atoms with Gasteiger partial charge in [0.15, 0.2) is 0 Å². The van der Waals surface area contributed by atoms with E-state index in [0.717, 1.165) is 5.56 Å². The fraction of sp³-hybridized carbons (Fsp3) is 0.0833. The van der Waals surface area contributed by atoms with E-state index >= 15 is 0 Å². The van der Waals surface area contributed by atoms with Crippen LogP contribution >= 0.6 is 34.0 Å². The van der Waals surface area contributed by atoms with Gasteiger partial charge in [-0.3, -0.25) is 0 Å². The number of fused-ring (bicyclic) bond motifs is 7. The molecule has 5 rings (SSSR count). The van der Waals surface area contributed by atoms with Gasteiger partial charge in [-0.25, -0.2) is 0 Å². The lowest BCUT2D eigenvalue weighted by Crippen LogP contribution is -1.72. The Labute approximate surface area is 169 Å². The van der Waals surface area contributed by atoms with Crippen molar-refractivity contribution in [2.75, 3.05) is 0 Å². The quantitative estimate of drug-likeness (QED) is 0.243. The van der Waals surface area contributed by atoms with Crippen LogP contribution in [0.1, 0.15) is 18.1 Å². The van der Waals surface area contributed by atoms with Gasteiger partial charge in [0, 0.05) is 25.7 Å². The molecule has 3 aromatic heterocycles. The normalized spacial score (nSPS) is 10.4. The second-order valence-electron chi connectivity index (χ2n) is 6.21. The van der Waals surface area contributed by atoms with Crippen molar-refractivity contribution < 1.29 is 0 Å². The van der Waals surface area contributed by atoms with Crippen LogP contribution in [0.5, 0.6) is 0 Å². The molecular weight excluding hydrogens is 384 g/mol. The summed E-state index contributed by atoms with van der Waals surface area (Å²) >= 11 is 5.71. The SMILES string of the molecule is CC#CC#CC#Cc1ccc2c(c1)sc1c2sc2c3ccc(C)cc3sc21. The van der Waals surface area contributed by atoms with E-state index in [1.165, 1.54) is 44.5 Å². The Balaban J connectivity index is 1.68. The van der Waals surface area contributed by atoms with Crippen LogP contribution < -0.4 is 0 Å². The molecule has 3 heterocycles. The van der Waals surface area contributed by atoms with Gasteiger partial charge in [0.05, 0.1) is 18.8 Å². The minimum Gasteiger partial charge on any atom is -0.133 e. The second kappa shape index (κ2) is 6.45. The lowest BCUT2D eigenvalue weighted by Gasteiger charge is -1.92. The summed E-state index contributed by atoms with van der Waals surface area (Å²) in [7, 11) is 0. The summed E-state index contributed by atoms with van der Waals surface area (Å²) in [6.45, 7) is 3.93. The largest absolute Gasteiger partial charge is 0.133 e. The highest BCUT2D eigenvalue weighted by molar-refractivity contribution is 7.43. The van der Waals surface area contributed by atoms with Crippen LogP contribution in [0.4, 0.5) is 0 Å². The third-order valence-electron chi connectivity index (χ3n) is 4.37. The maximum atomic E-state index is 3.12. The molecule has 0 aliphatic carbocycles. The van der Waals surface area contributed by atoms with Gasteiger partial charge in [0.1, 0.15) is 0 Å². The van der Waals surface area contributed by atoms with Crippen molar-refractivity contribution in [3.05, 3.63) is 47.5 Å². The lowest BCUT2D eigenvalue weighted by atomic mass is 10.2. The first-order chi connectivity index (χ1) is 13.2. The smallest absolute Gasteiger partial charge is 0.0642 e. The molecule has 0 aliphatic heterocycles. The molecule has 27 heavy (non-hydrogen) atoms. The van der Waals surface area contributed by atoms with E-state index < -0.39 is 0 Å². The average Bonchev–Trinajstić information content (AvgIpc) is 3.29. The zero-order chi connectivity index (χ0) is 18.4. The zero-order valence-electron chi connectivity index (χ0n) is 14.7. The molecular formula is C24H12S3. The predicted molar refractivity (Wildman–Crippen MR) is 123 cm³/mol. The average molecular weight is 397 g/mol. The molecule has 126 valence electrons. The first-order valence-corrected chi connectivity index (χ1v) is 10.9. The summed E-state index contributed by atoms with van der Waals surface area (Å²) in [5.74, 6) is 16.9. The summed E-state index contributed by atoms with van der Waals surface area (Å²) < 4.78 is 8.33. The Morgan fingerprint density at radius 3 is 2.07 bits per heavy atom. The van der Waals surface area contributed by atoms with E-state index in [1.807, 2.05) is 34.0 Å². The Morgan fingerprint density at radius 2 is 1.33 bits per heavy atom. The molecule has 0 radical (unpaired) electrons. The fourth-order valence-corrected chi connectivity index (χ4v) is 7.57. The molecule has 0 unspecified atom stereocenters. The summed E-state index contributed by atoms with van der Waals surface area (Å²) in [4.78, 5) is 0. The van der Waals surface area contributed by atoms with Crippen molar-refractivity contribution in [1.29, 1.82) is 0 Å². The van der Waals surface area contributed by atoms with E-state index in [-0.39, 0.29) is 0 Å². The van der Waals surface area contributed by atoms with E-state index in [9.17, 15) is 0 Å². The summed E-state index contributed by atoms with van der Waals surface area (Å²) in [5, 5.41) is 2.72. The minimum atomic E-state index is 0.998. The third-order valence-corrected chi connectivity index (χ3v) is 8.36. The molecule has 0 saturated carbocycles. The molecule has 2 aromatic carbocycles. The maximum absolute atomic E-state index is 3.12. The lowest BCUT2D eigenvalue weighted by molar-refractivity contribution is 1.52. The molecule has 0 fully saturated rings. The Bertz CT molecular complexity index is 1550. The van der Waals surface area contributed by atoms with Gasteiger partial charge >= 0.3 is 0 Å². The number of hydrogen-bond acceptors (Lipinski definition) is 3. The predicted octanol–water partition coefficient (Wildman–Crippen LogP) is 7.17. The maximum Gasteiger partial charge on any atom is 0.0642 e. The van der Waals surface area contributed by atoms with Crippen LogP contribution in [0.3, 0.4) is 0 Å². The monoisotopic (exact) mass is 396 g/mol. The van der Waals surface area contributed by atoms with Crippen molar-refractivity contribution in [3.8, 4) is 35.5 Å². The molecule has 0 spiro atoms. The summed E-state index contributed by atoms with van der Waals surface area (Å²) in [5.41, 5.74) is 2.32. The van der Waals surface area contributed by atoms with Crippen molar-refractivity contribution in [2.24, 2.45) is 0 Å². The number of benzene rings is 2. The van der Waals surface area contributed by atoms with Gasteiger partial charge in [-0.15, -0.1) is 34.0 Å². The van der Waals surface area contributed by atoms with Crippen molar-refractivity contribution in [1.82, 2.24) is 0 Å². The van der Waals surface area contributed by atoms with Crippen LogP contribution in [0.15, 0.2) is 36.4 Å². The van der Waals surface area contributed by atoms with E-state index in [1.54, 1.807) is 6.92 Å². The molecule has 0 N–H and O–H groups in total. The number of hydrogen-bond donors (Lipinski definition) is 0. The first-order valence-electron chi connectivity index (χ1n) is 8.45. The van der Waals surface area contributed by atoms with Crippen LogP contribution in [0, 0.1) is 42.4 Å². The van der Waals surface area contributed by atoms with Gasteiger partial charge in [-0.2, -0.15) is 0 Å². The van der Waals surface area contributed by atoms with Gasteiger partial charge in [-0.05, 0) is 61.3 Å². The highest BCUT2D eigenvalue weighted by Crippen LogP contribution is 2.49. The van der Waals surface area contributed by atoms with Crippen molar-refractivity contribution >= 4 is 73.0 Å². The van der Waals surface area contributed by atoms with Crippen LogP contribution in [0.25, 0.3) is 39.0 Å². The van der Waals surface area contributed by atoms with Crippen LogP contribution in [-0.2, 0) is 0 Å². The zero-order valence-corrected chi connectivity index (χ0v) is 17.1. The molecule has 0 atom stereocenters. The van der Waals surface area contributed by atoms with E-state index in [0.29, 0.717) is 0 Å². The highest BCUT2D eigenvalue weighted by atomic mass is 32.1. The second-order valence-corrected chi connectivity index (χ2v) is 9.33. The summed E-state index contributed by atoms with van der Waals surface area (Å²) in [6.07, 6.45) is 0. The number of aryl methyl sites for hydroxylation is 1. The van der Waals surface area contributed by atoms with Crippen LogP contribution in [0.2, 0.25) is 0 Å². The molecule has 0 amide bonds. The minimum absolute atomic E-state index is 0.998. The Hall–Kier alpha value is -2.74. The van der Waals surface area contributed by atoms with Crippen molar-refractivity contribution in [3.63, 3.8) is 0 Å². The van der Waals surface area contributed by atoms with Crippen molar-refractivity contribution in [2.45, 2.75) is 13.8 Å². The van der Waals surface area contributed by atoms with Crippen LogP contribution in [-0.4, -0.2) is 0 Å². The van der Waals surface area contributed by atoms with E-state index in [4.69, 9.17) is 0 Å². The Kier molecular flexibility index (Phi) is 3.93. The highest BCUT2D eigenvalue weighted by Gasteiger charge is 2.16.